The first-order valence-corrected chi connectivity index (χ1v) is 4.10. The molecule has 0 radical (unpaired) electrons. The third kappa shape index (κ3) is 5.37. The predicted octanol–water partition coefficient (Wildman–Crippen LogP) is 1.69. The van der Waals surface area contributed by atoms with Crippen LogP contribution in [0.25, 0.3) is 0 Å². The molecule has 0 unspecified atom stereocenters. The van der Waals surface area contributed by atoms with Gasteiger partial charge in [0, 0.05) is 36.9 Å². The predicted molar refractivity (Wildman–Crippen MR) is 69.5 cm³/mol. The van der Waals surface area contributed by atoms with Crippen molar-refractivity contribution in [3.63, 3.8) is 0 Å². The van der Waals surface area contributed by atoms with E-state index in [-0.39, 0.29) is 37.2 Å². The lowest BCUT2D eigenvalue weighted by molar-refractivity contribution is 0.672. The summed E-state index contributed by atoms with van der Waals surface area (Å²) in [5.74, 6) is 0. The molecule has 0 fully saturated rings. The highest BCUT2D eigenvalue weighted by Crippen LogP contribution is 1.92. The molecule has 0 aromatic carbocycles. The lowest BCUT2D eigenvalue weighted by Crippen LogP contribution is -2.12. The van der Waals surface area contributed by atoms with E-state index in [2.05, 4.69) is 25.3 Å². The van der Waals surface area contributed by atoms with E-state index in [1.54, 1.807) is 25.0 Å². The van der Waals surface area contributed by atoms with E-state index < -0.39 is 0 Å². The largest absolute Gasteiger partial charge is 0.347 e. The van der Waals surface area contributed by atoms with Gasteiger partial charge in [0.2, 0.25) is 0 Å². The van der Waals surface area contributed by atoms with Crippen molar-refractivity contribution in [2.75, 3.05) is 0 Å². The standard InChI is InChI=1S/C8H11N5.3ClH/c1(7-3-10-5-12-7)9-2-8-4-11-6-13-8;;;/h3-6,9H,1-2H2,(H,10,12)(H,11,13);3*1H. The number of halogens is 3. The fraction of sp³-hybridized carbons (Fsp3) is 0.250. The van der Waals surface area contributed by atoms with Gasteiger partial charge in [-0.05, 0) is 0 Å². The van der Waals surface area contributed by atoms with E-state index in [1.165, 1.54) is 0 Å². The summed E-state index contributed by atoms with van der Waals surface area (Å²) in [5, 5.41) is 3.25. The first kappa shape index (κ1) is 17.6. The minimum atomic E-state index is 0. The maximum atomic E-state index is 3.92. The van der Waals surface area contributed by atoms with Crippen molar-refractivity contribution in [1.29, 1.82) is 0 Å². The molecular formula is C8H14Cl3N5. The molecule has 92 valence electrons. The van der Waals surface area contributed by atoms with Crippen LogP contribution in [0.15, 0.2) is 25.0 Å². The van der Waals surface area contributed by atoms with Gasteiger partial charge in [-0.25, -0.2) is 9.97 Å². The van der Waals surface area contributed by atoms with Crippen LogP contribution in [0.4, 0.5) is 0 Å². The summed E-state index contributed by atoms with van der Waals surface area (Å²) in [6.45, 7) is 1.58. The second-order valence-electron chi connectivity index (χ2n) is 2.76. The van der Waals surface area contributed by atoms with Crippen LogP contribution in [0.5, 0.6) is 0 Å². The lowest BCUT2D eigenvalue weighted by atomic mass is 10.4. The van der Waals surface area contributed by atoms with E-state index in [1.807, 2.05) is 0 Å². The van der Waals surface area contributed by atoms with Crippen LogP contribution in [0.3, 0.4) is 0 Å². The zero-order valence-corrected chi connectivity index (χ0v) is 10.8. The normalized spacial score (nSPS) is 8.50. The molecule has 0 saturated heterocycles. The van der Waals surface area contributed by atoms with Gasteiger partial charge in [0.1, 0.15) is 0 Å². The molecule has 2 aromatic rings. The smallest absolute Gasteiger partial charge is 0.0922 e. The zero-order valence-electron chi connectivity index (χ0n) is 8.34. The summed E-state index contributed by atoms with van der Waals surface area (Å²) >= 11 is 0. The van der Waals surface area contributed by atoms with Crippen LogP contribution in [-0.4, -0.2) is 19.9 Å². The number of rotatable bonds is 4. The molecule has 0 bridgehead atoms. The fourth-order valence-electron chi connectivity index (χ4n) is 1.09. The van der Waals surface area contributed by atoms with E-state index in [9.17, 15) is 0 Å². The molecule has 0 aliphatic carbocycles. The number of aromatic nitrogens is 4. The third-order valence-corrected chi connectivity index (χ3v) is 1.74. The van der Waals surface area contributed by atoms with E-state index >= 15 is 0 Å². The summed E-state index contributed by atoms with van der Waals surface area (Å²) in [5.41, 5.74) is 2.17. The number of nitrogens with zero attached hydrogens (tertiary/aromatic N) is 2. The van der Waals surface area contributed by atoms with Crippen molar-refractivity contribution in [3.8, 4) is 0 Å². The minimum absolute atomic E-state index is 0. The quantitative estimate of drug-likeness (QED) is 0.801. The van der Waals surface area contributed by atoms with Crippen molar-refractivity contribution in [3.05, 3.63) is 36.4 Å². The first-order valence-electron chi connectivity index (χ1n) is 4.10. The number of hydrogen-bond acceptors (Lipinski definition) is 3. The number of aromatic amines is 2. The fourth-order valence-corrected chi connectivity index (χ4v) is 1.09. The average molecular weight is 287 g/mol. The summed E-state index contributed by atoms with van der Waals surface area (Å²) in [7, 11) is 0. The first-order chi connectivity index (χ1) is 6.45. The molecule has 2 rings (SSSR count). The Morgan fingerprint density at radius 3 is 1.62 bits per heavy atom. The number of imidazole rings is 2. The van der Waals surface area contributed by atoms with Gasteiger partial charge in [-0.2, -0.15) is 0 Å². The van der Waals surface area contributed by atoms with Crippen LogP contribution < -0.4 is 5.32 Å². The number of nitrogens with one attached hydrogen (secondary N) is 3. The van der Waals surface area contributed by atoms with Crippen LogP contribution in [-0.2, 0) is 13.1 Å². The van der Waals surface area contributed by atoms with E-state index in [0.29, 0.717) is 0 Å². The highest BCUT2D eigenvalue weighted by atomic mass is 35.5. The zero-order chi connectivity index (χ0) is 8.93. The second kappa shape index (κ2) is 9.47. The minimum Gasteiger partial charge on any atom is -0.347 e. The molecule has 0 saturated carbocycles. The number of H-pyrrole nitrogens is 2. The summed E-state index contributed by atoms with van der Waals surface area (Å²) in [6, 6.07) is 0. The molecule has 2 heterocycles. The molecule has 3 N–H and O–H groups in total. The highest BCUT2D eigenvalue weighted by molar-refractivity contribution is 5.86. The van der Waals surface area contributed by atoms with Gasteiger partial charge >= 0.3 is 0 Å². The Labute approximate surface area is 112 Å². The molecule has 0 atom stereocenters. The Balaban J connectivity index is 0. The highest BCUT2D eigenvalue weighted by Gasteiger charge is 1.94. The summed E-state index contributed by atoms with van der Waals surface area (Å²) in [4.78, 5) is 13.9. The SMILES string of the molecule is Cl.Cl.Cl.c1ncc(CNCc2cnc[nH]2)[nH]1. The number of hydrogen-bond donors (Lipinski definition) is 3. The maximum Gasteiger partial charge on any atom is 0.0922 e. The van der Waals surface area contributed by atoms with Crippen molar-refractivity contribution >= 4 is 37.2 Å². The second-order valence-corrected chi connectivity index (χ2v) is 2.76. The Morgan fingerprint density at radius 2 is 1.31 bits per heavy atom. The lowest BCUT2D eigenvalue weighted by Gasteiger charge is -1.99. The Kier molecular flexibility index (Phi) is 10.4. The molecule has 0 aliphatic heterocycles. The van der Waals surface area contributed by atoms with Gasteiger partial charge in [-0.3, -0.25) is 0 Å². The van der Waals surface area contributed by atoms with Gasteiger partial charge in [0.05, 0.1) is 12.7 Å². The van der Waals surface area contributed by atoms with Gasteiger partial charge < -0.3 is 15.3 Å². The maximum absolute atomic E-state index is 3.92. The van der Waals surface area contributed by atoms with Crippen molar-refractivity contribution in [1.82, 2.24) is 25.3 Å². The van der Waals surface area contributed by atoms with E-state index in [4.69, 9.17) is 0 Å². The Hall–Kier alpha value is -0.750. The molecule has 16 heavy (non-hydrogen) atoms. The molecule has 0 aliphatic rings. The van der Waals surface area contributed by atoms with E-state index in [0.717, 1.165) is 24.5 Å². The van der Waals surface area contributed by atoms with Gasteiger partial charge in [-0.15, -0.1) is 37.2 Å². The van der Waals surface area contributed by atoms with Gasteiger partial charge in [-0.1, -0.05) is 0 Å². The Bertz CT molecular complexity index is 300. The molecule has 0 amide bonds. The molecule has 8 heteroatoms. The topological polar surface area (TPSA) is 69.4 Å². The van der Waals surface area contributed by atoms with Crippen LogP contribution >= 0.6 is 37.2 Å². The van der Waals surface area contributed by atoms with Crippen molar-refractivity contribution in [2.45, 2.75) is 13.1 Å². The molecular weight excluding hydrogens is 272 g/mol. The summed E-state index contributed by atoms with van der Waals surface area (Å²) in [6.07, 6.45) is 6.96. The molecule has 2 aromatic heterocycles. The van der Waals surface area contributed by atoms with Crippen molar-refractivity contribution < 1.29 is 0 Å². The summed E-state index contributed by atoms with van der Waals surface area (Å²) < 4.78 is 0. The third-order valence-electron chi connectivity index (χ3n) is 1.74. The average Bonchev–Trinajstić information content (AvgIpc) is 2.75. The van der Waals surface area contributed by atoms with Crippen molar-refractivity contribution in [2.24, 2.45) is 0 Å². The molecule has 5 nitrogen and oxygen atoms in total. The Morgan fingerprint density at radius 1 is 0.875 bits per heavy atom. The van der Waals surface area contributed by atoms with Crippen LogP contribution in [0.1, 0.15) is 11.4 Å². The van der Waals surface area contributed by atoms with Crippen LogP contribution in [0, 0.1) is 0 Å². The molecule has 0 spiro atoms. The van der Waals surface area contributed by atoms with Crippen LogP contribution in [0.2, 0.25) is 0 Å². The van der Waals surface area contributed by atoms with Gasteiger partial charge in [0.25, 0.3) is 0 Å². The monoisotopic (exact) mass is 285 g/mol. The van der Waals surface area contributed by atoms with Gasteiger partial charge in [0.15, 0.2) is 0 Å².